The molecule has 0 saturated heterocycles. The van der Waals surface area contributed by atoms with Crippen molar-refractivity contribution in [3.05, 3.63) is 77.9 Å². The molecule has 0 aliphatic heterocycles. The molecule has 0 spiro atoms. The Morgan fingerprint density at radius 2 is 1.05 bits per heavy atom. The number of hydrogen-bond acceptors (Lipinski definition) is 1. The predicted octanol–water partition coefficient (Wildman–Crippen LogP) is 4.97. The quantitative estimate of drug-likeness (QED) is 0.609. The lowest BCUT2D eigenvalue weighted by atomic mass is 10.1. The molecule has 3 rings (SSSR count). The zero-order chi connectivity index (χ0) is 15.7. The van der Waals surface area contributed by atoms with E-state index in [1.807, 2.05) is 0 Å². The van der Waals surface area contributed by atoms with Crippen LogP contribution in [0, 0.1) is 23.3 Å². The highest BCUT2D eigenvalue weighted by Gasteiger charge is 2.11. The summed E-state index contributed by atoms with van der Waals surface area (Å²) in [4.78, 5) is 4.17. The number of benzene rings is 2. The summed E-state index contributed by atoms with van der Waals surface area (Å²) in [6, 6.07) is 10.9. The smallest absolute Gasteiger partial charge is 0.135 e. The summed E-state index contributed by atoms with van der Waals surface area (Å²) in [7, 11) is 0. The molecule has 0 bridgehead atoms. The Bertz CT molecular complexity index is 779. The normalized spacial score (nSPS) is 10.7. The first-order chi connectivity index (χ1) is 10.5. The van der Waals surface area contributed by atoms with Gasteiger partial charge in [-0.05, 0) is 36.4 Å². The summed E-state index contributed by atoms with van der Waals surface area (Å²) in [6.07, 6.45) is 0. The molecule has 0 N–H and O–H groups in total. The van der Waals surface area contributed by atoms with Crippen molar-refractivity contribution in [2.45, 2.75) is 0 Å². The van der Waals surface area contributed by atoms with Crippen LogP contribution in [0.2, 0.25) is 0 Å². The van der Waals surface area contributed by atoms with Crippen LogP contribution >= 0.6 is 0 Å². The van der Waals surface area contributed by atoms with Gasteiger partial charge < -0.3 is 0 Å². The van der Waals surface area contributed by atoms with Crippen LogP contribution in [0.4, 0.5) is 17.6 Å². The molecule has 0 fully saturated rings. The van der Waals surface area contributed by atoms with Gasteiger partial charge in [0.15, 0.2) is 0 Å². The van der Waals surface area contributed by atoms with Crippen molar-refractivity contribution in [2.75, 3.05) is 0 Å². The molecule has 1 aromatic heterocycles. The largest absolute Gasteiger partial charge is 0.248 e. The Labute approximate surface area is 123 Å². The Hall–Kier alpha value is -2.69. The number of halogens is 4. The minimum atomic E-state index is -0.760. The lowest BCUT2D eigenvalue weighted by Crippen LogP contribution is -1.93. The van der Waals surface area contributed by atoms with Gasteiger partial charge in [-0.3, -0.25) is 0 Å². The van der Waals surface area contributed by atoms with Crippen LogP contribution in [0.5, 0.6) is 0 Å². The molecule has 5 heteroatoms. The Morgan fingerprint density at radius 3 is 1.45 bits per heavy atom. The van der Waals surface area contributed by atoms with E-state index in [-0.39, 0.29) is 22.5 Å². The van der Waals surface area contributed by atoms with Crippen LogP contribution < -0.4 is 0 Å². The van der Waals surface area contributed by atoms with Gasteiger partial charge in [0, 0.05) is 23.3 Å². The van der Waals surface area contributed by atoms with Crippen molar-refractivity contribution in [2.24, 2.45) is 0 Å². The van der Waals surface area contributed by atoms with E-state index in [0.29, 0.717) is 0 Å². The first kappa shape index (κ1) is 14.3. The third-order valence-corrected chi connectivity index (χ3v) is 3.16. The molecule has 0 amide bonds. The Morgan fingerprint density at radius 1 is 0.591 bits per heavy atom. The van der Waals surface area contributed by atoms with E-state index in [2.05, 4.69) is 4.98 Å². The van der Waals surface area contributed by atoms with Crippen molar-refractivity contribution in [1.82, 2.24) is 4.98 Å². The first-order valence-corrected chi connectivity index (χ1v) is 6.42. The maximum atomic E-state index is 13.8. The van der Waals surface area contributed by atoms with Crippen molar-refractivity contribution in [3.8, 4) is 22.5 Å². The third-order valence-electron chi connectivity index (χ3n) is 3.16. The van der Waals surface area contributed by atoms with Crippen LogP contribution in [0.3, 0.4) is 0 Å². The molecular formula is C17H9F4N. The van der Waals surface area contributed by atoms with E-state index < -0.39 is 23.3 Å². The van der Waals surface area contributed by atoms with Gasteiger partial charge in [-0.1, -0.05) is 6.07 Å². The molecular weight excluding hydrogens is 294 g/mol. The van der Waals surface area contributed by atoms with Crippen molar-refractivity contribution >= 4 is 0 Å². The Kier molecular flexibility index (Phi) is 3.63. The van der Waals surface area contributed by atoms with E-state index in [1.165, 1.54) is 24.3 Å². The molecule has 0 atom stereocenters. The zero-order valence-corrected chi connectivity index (χ0v) is 11.2. The number of hydrogen-bond donors (Lipinski definition) is 0. The molecule has 0 saturated carbocycles. The zero-order valence-electron chi connectivity index (χ0n) is 11.2. The average Bonchev–Trinajstić information content (AvgIpc) is 2.47. The van der Waals surface area contributed by atoms with E-state index in [4.69, 9.17) is 0 Å². The summed E-state index contributed by atoms with van der Waals surface area (Å²) >= 11 is 0. The topological polar surface area (TPSA) is 12.9 Å². The van der Waals surface area contributed by atoms with Crippen molar-refractivity contribution in [1.29, 1.82) is 0 Å². The predicted molar refractivity (Wildman–Crippen MR) is 74.9 cm³/mol. The second kappa shape index (κ2) is 5.60. The van der Waals surface area contributed by atoms with Gasteiger partial charge in [-0.2, -0.15) is 0 Å². The summed E-state index contributed by atoms with van der Waals surface area (Å²) < 4.78 is 53.5. The fourth-order valence-corrected chi connectivity index (χ4v) is 2.13. The SMILES string of the molecule is Fc1ccc(-c2cccc(-c3ccc(F)cc3F)n2)c(F)c1. The van der Waals surface area contributed by atoms with Gasteiger partial charge in [0.25, 0.3) is 0 Å². The average molecular weight is 303 g/mol. The second-order valence-corrected chi connectivity index (χ2v) is 4.66. The highest BCUT2D eigenvalue weighted by atomic mass is 19.1. The minimum absolute atomic E-state index is 0.103. The van der Waals surface area contributed by atoms with Gasteiger partial charge in [0.1, 0.15) is 23.3 Å². The number of nitrogens with zero attached hydrogens (tertiary/aromatic N) is 1. The third kappa shape index (κ3) is 2.70. The molecule has 2 aromatic carbocycles. The molecule has 0 radical (unpaired) electrons. The monoisotopic (exact) mass is 303 g/mol. The Balaban J connectivity index is 2.10. The molecule has 0 aliphatic carbocycles. The molecule has 0 unspecified atom stereocenters. The minimum Gasteiger partial charge on any atom is -0.248 e. The first-order valence-electron chi connectivity index (χ1n) is 6.42. The van der Waals surface area contributed by atoms with E-state index >= 15 is 0 Å². The number of pyridine rings is 1. The van der Waals surface area contributed by atoms with Crippen LogP contribution in [0.1, 0.15) is 0 Å². The highest BCUT2D eigenvalue weighted by Crippen LogP contribution is 2.26. The van der Waals surface area contributed by atoms with Gasteiger partial charge in [0.2, 0.25) is 0 Å². The number of aromatic nitrogens is 1. The summed E-state index contributed by atoms with van der Waals surface area (Å²) in [5, 5.41) is 0. The van der Waals surface area contributed by atoms with Gasteiger partial charge in [-0.25, -0.2) is 22.5 Å². The van der Waals surface area contributed by atoms with Gasteiger partial charge >= 0.3 is 0 Å². The van der Waals surface area contributed by atoms with Crippen LogP contribution in [-0.4, -0.2) is 4.98 Å². The summed E-state index contributed by atoms with van der Waals surface area (Å²) in [5.41, 5.74) is 0.675. The van der Waals surface area contributed by atoms with E-state index in [1.54, 1.807) is 6.07 Å². The molecule has 1 heterocycles. The summed E-state index contributed by atoms with van der Waals surface area (Å²) in [6.45, 7) is 0. The molecule has 3 aromatic rings. The second-order valence-electron chi connectivity index (χ2n) is 4.66. The lowest BCUT2D eigenvalue weighted by molar-refractivity contribution is 0.585. The van der Waals surface area contributed by atoms with Gasteiger partial charge in [0.05, 0.1) is 11.4 Å². The molecule has 22 heavy (non-hydrogen) atoms. The lowest BCUT2D eigenvalue weighted by Gasteiger charge is -2.07. The van der Waals surface area contributed by atoms with E-state index in [0.717, 1.165) is 24.3 Å². The molecule has 110 valence electrons. The molecule has 1 nitrogen and oxygen atoms in total. The maximum absolute atomic E-state index is 13.8. The van der Waals surface area contributed by atoms with Crippen LogP contribution in [0.15, 0.2) is 54.6 Å². The van der Waals surface area contributed by atoms with Crippen molar-refractivity contribution < 1.29 is 17.6 Å². The maximum Gasteiger partial charge on any atom is 0.135 e. The standard InChI is InChI=1S/C17H9F4N/c18-10-4-6-12(14(20)8-10)16-2-1-3-17(22-16)13-7-5-11(19)9-15(13)21/h1-9H. The fraction of sp³-hybridized carbons (Fsp3) is 0. The van der Waals surface area contributed by atoms with Crippen molar-refractivity contribution in [3.63, 3.8) is 0 Å². The van der Waals surface area contributed by atoms with E-state index in [9.17, 15) is 17.6 Å². The van der Waals surface area contributed by atoms with Crippen LogP contribution in [-0.2, 0) is 0 Å². The highest BCUT2D eigenvalue weighted by molar-refractivity contribution is 5.66. The molecule has 0 aliphatic rings. The van der Waals surface area contributed by atoms with Gasteiger partial charge in [-0.15, -0.1) is 0 Å². The summed E-state index contributed by atoms with van der Waals surface area (Å²) in [5.74, 6) is -2.91. The van der Waals surface area contributed by atoms with Crippen LogP contribution in [0.25, 0.3) is 22.5 Å². The number of rotatable bonds is 2. The fourth-order valence-electron chi connectivity index (χ4n) is 2.13.